The molecule has 0 radical (unpaired) electrons. The lowest BCUT2D eigenvalue weighted by Crippen LogP contribution is -2.02. The number of nitrogens with zero attached hydrogens (tertiary/aromatic N) is 3. The van der Waals surface area contributed by atoms with Gasteiger partial charge in [-0.25, -0.2) is 14.3 Å². The van der Waals surface area contributed by atoms with Gasteiger partial charge in [0.15, 0.2) is 5.65 Å². The molecule has 0 aliphatic carbocycles. The van der Waals surface area contributed by atoms with Gasteiger partial charge in [-0.2, -0.15) is 5.10 Å². The first-order chi connectivity index (χ1) is 12.5. The first kappa shape index (κ1) is 16.6. The summed E-state index contributed by atoms with van der Waals surface area (Å²) in [7, 11) is 0. The third-order valence-electron chi connectivity index (χ3n) is 4.03. The van der Waals surface area contributed by atoms with Crippen LogP contribution in [0.4, 0.5) is 0 Å². The predicted molar refractivity (Wildman–Crippen MR) is 101 cm³/mol. The maximum absolute atomic E-state index is 11.4. The molecule has 0 saturated heterocycles. The lowest BCUT2D eigenvalue weighted by Gasteiger charge is -2.12. The highest BCUT2D eigenvalue weighted by Crippen LogP contribution is 2.33. The van der Waals surface area contributed by atoms with Crippen LogP contribution in [0.2, 0.25) is 10.0 Å². The minimum atomic E-state index is -1.08. The zero-order valence-corrected chi connectivity index (χ0v) is 14.7. The van der Waals surface area contributed by atoms with Gasteiger partial charge in [-0.05, 0) is 29.8 Å². The Labute approximate surface area is 158 Å². The van der Waals surface area contributed by atoms with Gasteiger partial charge in [-0.15, -0.1) is 0 Å². The number of rotatable bonds is 3. The molecule has 2 heterocycles. The molecule has 2 aromatic carbocycles. The number of aromatic carboxylic acids is 1. The molecule has 0 atom stereocenters. The minimum absolute atomic E-state index is 0.0443. The van der Waals surface area contributed by atoms with E-state index in [0.29, 0.717) is 10.0 Å². The molecule has 0 spiro atoms. The van der Waals surface area contributed by atoms with E-state index in [1.54, 1.807) is 30.5 Å². The number of fused-ring (bicyclic) bond motifs is 1. The highest BCUT2D eigenvalue weighted by molar-refractivity contribution is 6.31. The number of carboxylic acid groups (broad SMARTS) is 1. The molecule has 0 saturated carbocycles. The normalized spacial score (nSPS) is 11.0. The molecule has 4 aromatic rings. The number of hydrogen-bond donors (Lipinski definition) is 1. The molecule has 0 aliphatic heterocycles. The number of halogens is 2. The molecule has 0 bridgehead atoms. The van der Waals surface area contributed by atoms with Crippen LogP contribution in [-0.2, 0) is 0 Å². The van der Waals surface area contributed by atoms with E-state index in [1.165, 1.54) is 10.7 Å². The molecule has 4 rings (SSSR count). The van der Waals surface area contributed by atoms with Crippen molar-refractivity contribution >= 4 is 34.8 Å². The molecule has 0 unspecified atom stereocenters. The van der Waals surface area contributed by atoms with E-state index >= 15 is 0 Å². The van der Waals surface area contributed by atoms with E-state index in [2.05, 4.69) is 10.1 Å². The summed E-state index contributed by atoms with van der Waals surface area (Å²) in [6.45, 7) is 0. The van der Waals surface area contributed by atoms with Crippen molar-refractivity contribution in [1.29, 1.82) is 0 Å². The van der Waals surface area contributed by atoms with Gasteiger partial charge in [0.2, 0.25) is 0 Å². The second kappa shape index (κ2) is 6.44. The monoisotopic (exact) mass is 383 g/mol. The quantitative estimate of drug-likeness (QED) is 0.536. The van der Waals surface area contributed by atoms with Crippen molar-refractivity contribution in [2.45, 2.75) is 0 Å². The Bertz CT molecular complexity index is 1120. The average Bonchev–Trinajstić information content (AvgIpc) is 3.07. The highest BCUT2D eigenvalue weighted by atomic mass is 35.5. The summed E-state index contributed by atoms with van der Waals surface area (Å²) in [6, 6.07) is 14.6. The smallest absolute Gasteiger partial charge is 0.341 e. The van der Waals surface area contributed by atoms with Crippen LogP contribution < -0.4 is 0 Å². The van der Waals surface area contributed by atoms with Gasteiger partial charge in [0.1, 0.15) is 5.56 Å². The van der Waals surface area contributed by atoms with Crippen LogP contribution in [0.5, 0.6) is 0 Å². The maximum Gasteiger partial charge on any atom is 0.341 e. The van der Waals surface area contributed by atoms with Crippen molar-refractivity contribution in [2.24, 2.45) is 0 Å². The molecule has 26 heavy (non-hydrogen) atoms. The summed E-state index contributed by atoms with van der Waals surface area (Å²) in [5.41, 5.74) is 3.58. The summed E-state index contributed by atoms with van der Waals surface area (Å²) in [6.07, 6.45) is 2.95. The Morgan fingerprint density at radius 1 is 0.885 bits per heavy atom. The summed E-state index contributed by atoms with van der Waals surface area (Å²) >= 11 is 12.0. The summed E-state index contributed by atoms with van der Waals surface area (Å²) in [5, 5.41) is 14.9. The Balaban J connectivity index is 2.05. The van der Waals surface area contributed by atoms with Crippen molar-refractivity contribution < 1.29 is 9.90 Å². The van der Waals surface area contributed by atoms with E-state index in [9.17, 15) is 9.90 Å². The summed E-state index contributed by atoms with van der Waals surface area (Å²) in [4.78, 5) is 15.8. The fourth-order valence-electron chi connectivity index (χ4n) is 2.81. The molecule has 128 valence electrons. The minimum Gasteiger partial charge on any atom is -0.477 e. The Morgan fingerprint density at radius 3 is 2.04 bits per heavy atom. The van der Waals surface area contributed by atoms with E-state index in [1.807, 2.05) is 24.3 Å². The molecule has 0 aliphatic rings. The van der Waals surface area contributed by atoms with Crippen LogP contribution in [0.1, 0.15) is 10.4 Å². The van der Waals surface area contributed by atoms with Crippen LogP contribution >= 0.6 is 23.2 Å². The van der Waals surface area contributed by atoms with Gasteiger partial charge in [0.25, 0.3) is 0 Å². The van der Waals surface area contributed by atoms with Crippen molar-refractivity contribution in [2.75, 3.05) is 0 Å². The van der Waals surface area contributed by atoms with Crippen molar-refractivity contribution in [1.82, 2.24) is 14.6 Å². The molecule has 0 fully saturated rings. The van der Waals surface area contributed by atoms with Crippen molar-refractivity contribution in [3.05, 3.63) is 76.5 Å². The molecule has 0 amide bonds. The topological polar surface area (TPSA) is 67.5 Å². The number of aromatic nitrogens is 3. The average molecular weight is 384 g/mol. The van der Waals surface area contributed by atoms with Gasteiger partial charge in [-0.1, -0.05) is 47.5 Å². The van der Waals surface area contributed by atoms with E-state index in [-0.39, 0.29) is 11.2 Å². The molecule has 5 nitrogen and oxygen atoms in total. The van der Waals surface area contributed by atoms with E-state index in [4.69, 9.17) is 23.2 Å². The summed E-state index contributed by atoms with van der Waals surface area (Å²) in [5.74, 6) is -1.08. The number of benzene rings is 2. The van der Waals surface area contributed by atoms with Gasteiger partial charge in [-0.3, -0.25) is 0 Å². The van der Waals surface area contributed by atoms with Crippen LogP contribution in [0.3, 0.4) is 0 Å². The fourth-order valence-corrected chi connectivity index (χ4v) is 3.06. The van der Waals surface area contributed by atoms with Crippen molar-refractivity contribution in [3.63, 3.8) is 0 Å². The lowest BCUT2D eigenvalue weighted by molar-refractivity contribution is 0.0699. The first-order valence-electron chi connectivity index (χ1n) is 7.66. The maximum atomic E-state index is 11.4. The van der Waals surface area contributed by atoms with Crippen LogP contribution in [0.15, 0.2) is 60.9 Å². The Hall–Kier alpha value is -2.89. The van der Waals surface area contributed by atoms with E-state index in [0.717, 1.165) is 22.4 Å². The Kier molecular flexibility index (Phi) is 4.11. The third kappa shape index (κ3) is 2.81. The standard InChI is InChI=1S/C19H11Cl2N3O2/c20-13-5-1-11(2-6-13)15-9-22-18-16(19(25)26)10-23-24(18)17(15)12-3-7-14(21)8-4-12/h1-10H,(H,25,26). The van der Waals surface area contributed by atoms with Crippen molar-refractivity contribution in [3.8, 4) is 22.4 Å². The molecule has 1 N–H and O–H groups in total. The molecular weight excluding hydrogens is 373 g/mol. The second-order valence-electron chi connectivity index (χ2n) is 5.63. The first-order valence-corrected chi connectivity index (χ1v) is 8.42. The van der Waals surface area contributed by atoms with Crippen LogP contribution in [-0.4, -0.2) is 25.7 Å². The number of carbonyl (C=O) groups is 1. The zero-order valence-electron chi connectivity index (χ0n) is 13.2. The lowest BCUT2D eigenvalue weighted by atomic mass is 10.0. The van der Waals surface area contributed by atoms with Gasteiger partial charge >= 0.3 is 5.97 Å². The Morgan fingerprint density at radius 2 is 1.46 bits per heavy atom. The second-order valence-corrected chi connectivity index (χ2v) is 6.51. The SMILES string of the molecule is O=C(O)c1cnn2c(-c3ccc(Cl)cc3)c(-c3ccc(Cl)cc3)cnc12. The van der Waals surface area contributed by atoms with Crippen LogP contribution in [0.25, 0.3) is 28.0 Å². The van der Waals surface area contributed by atoms with Gasteiger partial charge in [0, 0.05) is 27.4 Å². The van der Waals surface area contributed by atoms with Gasteiger partial charge < -0.3 is 5.11 Å². The fraction of sp³-hybridized carbons (Fsp3) is 0. The van der Waals surface area contributed by atoms with Crippen LogP contribution in [0, 0.1) is 0 Å². The summed E-state index contributed by atoms with van der Waals surface area (Å²) < 4.78 is 1.54. The third-order valence-corrected chi connectivity index (χ3v) is 4.53. The van der Waals surface area contributed by atoms with E-state index < -0.39 is 5.97 Å². The molecule has 7 heteroatoms. The predicted octanol–water partition coefficient (Wildman–Crippen LogP) is 5.07. The molecule has 2 aromatic heterocycles. The zero-order chi connectivity index (χ0) is 18.3. The molecular formula is C19H11Cl2N3O2. The van der Waals surface area contributed by atoms with Gasteiger partial charge in [0.05, 0.1) is 11.9 Å². The largest absolute Gasteiger partial charge is 0.477 e. The number of carboxylic acids is 1. The highest BCUT2D eigenvalue weighted by Gasteiger charge is 2.19. The number of hydrogen-bond acceptors (Lipinski definition) is 3.